The Bertz CT molecular complexity index is 858. The van der Waals surface area contributed by atoms with Crippen LogP contribution in [0.1, 0.15) is 16.1 Å². The summed E-state index contributed by atoms with van der Waals surface area (Å²) in [4.78, 5) is 16.0. The Morgan fingerprint density at radius 1 is 1.29 bits per heavy atom. The summed E-state index contributed by atoms with van der Waals surface area (Å²) in [5, 5.41) is 10.7. The van der Waals surface area contributed by atoms with Crippen molar-refractivity contribution in [3.05, 3.63) is 66.1 Å². The maximum atomic E-state index is 12.1. The molecule has 0 aliphatic rings. The first-order valence-corrected chi connectivity index (χ1v) is 7.19. The Labute approximate surface area is 138 Å². The summed E-state index contributed by atoms with van der Waals surface area (Å²) in [6.45, 7) is 0. The second-order valence-electron chi connectivity index (χ2n) is 4.88. The van der Waals surface area contributed by atoms with Crippen LogP contribution in [0.3, 0.4) is 0 Å². The van der Waals surface area contributed by atoms with E-state index in [0.717, 1.165) is 16.9 Å². The van der Waals surface area contributed by atoms with E-state index in [0.29, 0.717) is 11.4 Å². The number of benzene rings is 1. The topological polar surface area (TPSA) is 92.3 Å². The van der Waals surface area contributed by atoms with Crippen molar-refractivity contribution in [2.75, 3.05) is 7.11 Å². The highest BCUT2D eigenvalue weighted by molar-refractivity contribution is 5.94. The zero-order chi connectivity index (χ0) is 16.8. The van der Waals surface area contributed by atoms with Crippen molar-refractivity contribution in [1.82, 2.24) is 20.6 Å². The maximum Gasteiger partial charge on any atom is 0.289 e. The van der Waals surface area contributed by atoms with Gasteiger partial charge in [-0.25, -0.2) is 5.43 Å². The predicted octanol–water partition coefficient (Wildman–Crippen LogP) is 2.24. The second kappa shape index (κ2) is 7.19. The van der Waals surface area contributed by atoms with Gasteiger partial charge in [-0.15, -0.1) is 0 Å². The fourth-order valence-electron chi connectivity index (χ4n) is 2.05. The Morgan fingerprint density at radius 2 is 2.21 bits per heavy atom. The van der Waals surface area contributed by atoms with Crippen LogP contribution >= 0.6 is 0 Å². The van der Waals surface area contributed by atoms with E-state index in [2.05, 4.69) is 25.7 Å². The highest BCUT2D eigenvalue weighted by Gasteiger charge is 2.10. The van der Waals surface area contributed by atoms with Crippen molar-refractivity contribution in [2.45, 2.75) is 0 Å². The normalized spacial score (nSPS) is 10.7. The molecule has 0 atom stereocenters. The van der Waals surface area contributed by atoms with Gasteiger partial charge >= 0.3 is 0 Å². The molecule has 2 N–H and O–H groups in total. The maximum absolute atomic E-state index is 12.1. The molecule has 0 spiro atoms. The Hall–Kier alpha value is -3.48. The van der Waals surface area contributed by atoms with E-state index in [4.69, 9.17) is 4.74 Å². The third-order valence-corrected chi connectivity index (χ3v) is 3.25. The van der Waals surface area contributed by atoms with Crippen molar-refractivity contribution >= 4 is 12.1 Å². The fraction of sp³-hybridized carbons (Fsp3) is 0.0588. The van der Waals surface area contributed by atoms with Gasteiger partial charge in [0.1, 0.15) is 11.4 Å². The lowest BCUT2D eigenvalue weighted by molar-refractivity contribution is 0.0950. The number of H-pyrrole nitrogens is 1. The Morgan fingerprint density at radius 3 is 3.00 bits per heavy atom. The smallest absolute Gasteiger partial charge is 0.289 e. The molecule has 0 aliphatic heterocycles. The summed E-state index contributed by atoms with van der Waals surface area (Å²) in [5.41, 5.74) is 5.05. The van der Waals surface area contributed by atoms with Crippen LogP contribution in [0, 0.1) is 0 Å². The van der Waals surface area contributed by atoms with Gasteiger partial charge in [-0.1, -0.05) is 18.2 Å². The first kappa shape index (κ1) is 15.4. The number of hydrogen-bond acceptors (Lipinski definition) is 5. The standard InChI is InChI=1S/C17H15N5O2/c1-24-14-6-2-5-13(8-14)15-9-16(21-20-15)17(23)22-19-11-12-4-3-7-18-10-12/h2-11H,1H3,(H,20,21)(H,22,23)/b19-11-. The van der Waals surface area contributed by atoms with Crippen LogP contribution in [0.15, 0.2) is 60.0 Å². The summed E-state index contributed by atoms with van der Waals surface area (Å²) in [6, 6.07) is 12.7. The molecule has 0 bridgehead atoms. The molecule has 7 nitrogen and oxygen atoms in total. The lowest BCUT2D eigenvalue weighted by atomic mass is 10.1. The third kappa shape index (κ3) is 3.64. The molecule has 24 heavy (non-hydrogen) atoms. The van der Waals surface area contributed by atoms with Crippen molar-refractivity contribution in [3.63, 3.8) is 0 Å². The molecule has 7 heteroatoms. The predicted molar refractivity (Wildman–Crippen MR) is 89.9 cm³/mol. The fourth-order valence-corrected chi connectivity index (χ4v) is 2.05. The Balaban J connectivity index is 1.68. The van der Waals surface area contributed by atoms with E-state index in [1.807, 2.05) is 30.3 Å². The number of hydrazone groups is 1. The zero-order valence-electron chi connectivity index (χ0n) is 12.9. The number of hydrogen-bond donors (Lipinski definition) is 2. The molecule has 0 fully saturated rings. The van der Waals surface area contributed by atoms with E-state index in [1.54, 1.807) is 31.6 Å². The molecular weight excluding hydrogens is 306 g/mol. The SMILES string of the molecule is COc1cccc(-c2cc(C(=O)N/N=C\c3cccnc3)[nH]n2)c1. The van der Waals surface area contributed by atoms with Crippen molar-refractivity contribution in [2.24, 2.45) is 5.10 Å². The van der Waals surface area contributed by atoms with Crippen LogP contribution < -0.4 is 10.2 Å². The van der Waals surface area contributed by atoms with Crippen LogP contribution in [0.5, 0.6) is 5.75 Å². The lowest BCUT2D eigenvalue weighted by Crippen LogP contribution is -2.18. The molecule has 3 rings (SSSR count). The van der Waals surface area contributed by atoms with Gasteiger partial charge in [-0.2, -0.15) is 10.2 Å². The van der Waals surface area contributed by atoms with Gasteiger partial charge in [0.25, 0.3) is 5.91 Å². The zero-order valence-corrected chi connectivity index (χ0v) is 12.9. The van der Waals surface area contributed by atoms with Crippen molar-refractivity contribution < 1.29 is 9.53 Å². The minimum absolute atomic E-state index is 0.316. The number of carbonyl (C=O) groups excluding carboxylic acids is 1. The van der Waals surface area contributed by atoms with Crippen molar-refractivity contribution in [1.29, 1.82) is 0 Å². The highest BCUT2D eigenvalue weighted by Crippen LogP contribution is 2.22. The number of ether oxygens (including phenoxy) is 1. The van der Waals surface area contributed by atoms with Gasteiger partial charge in [0.2, 0.25) is 0 Å². The molecule has 1 amide bonds. The van der Waals surface area contributed by atoms with Crippen LogP contribution in [0.4, 0.5) is 0 Å². The van der Waals surface area contributed by atoms with Gasteiger partial charge in [0.15, 0.2) is 0 Å². The molecule has 0 saturated carbocycles. The van der Waals surface area contributed by atoms with E-state index < -0.39 is 0 Å². The number of nitrogens with one attached hydrogen (secondary N) is 2. The summed E-state index contributed by atoms with van der Waals surface area (Å²) in [5.74, 6) is 0.347. The van der Waals surface area contributed by atoms with E-state index in [9.17, 15) is 4.79 Å². The largest absolute Gasteiger partial charge is 0.497 e. The van der Waals surface area contributed by atoms with E-state index in [1.165, 1.54) is 6.21 Å². The highest BCUT2D eigenvalue weighted by atomic mass is 16.5. The molecule has 0 unspecified atom stereocenters. The molecular formula is C17H15N5O2. The van der Waals surface area contributed by atoms with Crippen LogP contribution in [0.2, 0.25) is 0 Å². The van der Waals surface area contributed by atoms with Gasteiger partial charge in [0, 0.05) is 23.5 Å². The van der Waals surface area contributed by atoms with Gasteiger partial charge < -0.3 is 4.74 Å². The second-order valence-corrected chi connectivity index (χ2v) is 4.88. The molecule has 2 aromatic heterocycles. The molecule has 0 aliphatic carbocycles. The summed E-state index contributed by atoms with van der Waals surface area (Å²) >= 11 is 0. The van der Waals surface area contributed by atoms with E-state index in [-0.39, 0.29) is 5.91 Å². The number of carbonyl (C=O) groups is 1. The number of amides is 1. The summed E-state index contributed by atoms with van der Waals surface area (Å²) in [7, 11) is 1.60. The first-order valence-electron chi connectivity index (χ1n) is 7.19. The number of aromatic nitrogens is 3. The molecule has 2 heterocycles. The minimum atomic E-state index is -0.378. The van der Waals surface area contributed by atoms with Gasteiger partial charge in [-0.3, -0.25) is 14.9 Å². The summed E-state index contributed by atoms with van der Waals surface area (Å²) in [6.07, 6.45) is 4.83. The first-order chi connectivity index (χ1) is 11.8. The quantitative estimate of drug-likeness (QED) is 0.557. The molecule has 1 aromatic carbocycles. The molecule has 120 valence electrons. The Kier molecular flexibility index (Phi) is 4.62. The van der Waals surface area contributed by atoms with Crippen LogP contribution in [0.25, 0.3) is 11.3 Å². The van der Waals surface area contributed by atoms with Gasteiger partial charge in [0.05, 0.1) is 19.0 Å². The average molecular weight is 321 g/mol. The molecule has 0 radical (unpaired) electrons. The van der Waals surface area contributed by atoms with Crippen LogP contribution in [-0.2, 0) is 0 Å². The van der Waals surface area contributed by atoms with E-state index >= 15 is 0 Å². The number of pyridine rings is 1. The van der Waals surface area contributed by atoms with Gasteiger partial charge in [-0.05, 0) is 24.3 Å². The minimum Gasteiger partial charge on any atom is -0.497 e. The molecule has 3 aromatic rings. The average Bonchev–Trinajstić information content (AvgIpc) is 3.13. The lowest BCUT2D eigenvalue weighted by Gasteiger charge is -2.00. The number of aromatic amines is 1. The monoisotopic (exact) mass is 321 g/mol. The van der Waals surface area contributed by atoms with Crippen LogP contribution in [-0.4, -0.2) is 34.4 Å². The number of rotatable bonds is 5. The number of nitrogens with zero attached hydrogens (tertiary/aromatic N) is 3. The summed E-state index contributed by atoms with van der Waals surface area (Å²) < 4.78 is 5.18. The third-order valence-electron chi connectivity index (χ3n) is 3.25. The van der Waals surface area contributed by atoms with Crippen molar-refractivity contribution in [3.8, 4) is 17.0 Å². The number of methoxy groups -OCH3 is 1. The molecule has 0 saturated heterocycles.